The van der Waals surface area contributed by atoms with Crippen LogP contribution in [-0.4, -0.2) is 72.0 Å². The van der Waals surface area contributed by atoms with E-state index in [-0.39, 0.29) is 22.4 Å². The molecule has 0 aliphatic carbocycles. The first-order valence-electron chi connectivity index (χ1n) is 14.7. The van der Waals surface area contributed by atoms with Gasteiger partial charge in [-0.25, -0.2) is 27.4 Å². The van der Waals surface area contributed by atoms with Gasteiger partial charge in [-0.3, -0.25) is 5.01 Å². The van der Waals surface area contributed by atoms with E-state index in [0.29, 0.717) is 31.5 Å². The molecular formula is C29H33F3N6O9S. The minimum absolute atomic E-state index is 0.156. The molecule has 3 heterocycles. The highest BCUT2D eigenvalue weighted by Crippen LogP contribution is 2.33. The van der Waals surface area contributed by atoms with E-state index >= 15 is 0 Å². The van der Waals surface area contributed by atoms with Crippen LogP contribution < -0.4 is 14.6 Å². The van der Waals surface area contributed by atoms with Crippen molar-refractivity contribution in [2.24, 2.45) is 0 Å². The molecule has 5 rings (SSSR count). The number of nitrogens with one attached hydrogen (secondary N) is 1. The maximum atomic E-state index is 13.5. The van der Waals surface area contributed by atoms with Crippen LogP contribution in [0, 0.1) is 6.92 Å². The molecule has 2 aromatic heterocycles. The molecule has 0 spiro atoms. The van der Waals surface area contributed by atoms with E-state index in [1.807, 2.05) is 11.6 Å². The number of sulfonamides is 1. The average molecular weight is 699 g/mol. The van der Waals surface area contributed by atoms with E-state index < -0.39 is 46.5 Å². The predicted molar refractivity (Wildman–Crippen MR) is 160 cm³/mol. The van der Waals surface area contributed by atoms with Crippen molar-refractivity contribution in [3.8, 4) is 16.9 Å². The summed E-state index contributed by atoms with van der Waals surface area (Å²) in [7, 11) is -4.38. The fourth-order valence-corrected chi connectivity index (χ4v) is 5.53. The van der Waals surface area contributed by atoms with Gasteiger partial charge in [-0.05, 0) is 51.1 Å². The third-order valence-electron chi connectivity index (χ3n) is 6.98. The molecule has 4 aromatic rings. The van der Waals surface area contributed by atoms with Gasteiger partial charge in [-0.15, -0.1) is 0 Å². The van der Waals surface area contributed by atoms with Crippen molar-refractivity contribution in [3.05, 3.63) is 65.9 Å². The lowest BCUT2D eigenvalue weighted by molar-refractivity contribution is -0.141. The first kappa shape index (κ1) is 34.3. The number of carbonyl (C=O) groups is 2. The summed E-state index contributed by atoms with van der Waals surface area (Å²) in [4.78, 5) is 30.3. The monoisotopic (exact) mass is 698 g/mol. The minimum Gasteiger partial charge on any atom is -0.445 e. The van der Waals surface area contributed by atoms with Crippen molar-refractivity contribution >= 4 is 22.3 Å². The van der Waals surface area contributed by atoms with Crippen molar-refractivity contribution < 1.29 is 54.9 Å². The van der Waals surface area contributed by atoms with Crippen LogP contribution in [0.25, 0.3) is 16.9 Å². The van der Waals surface area contributed by atoms with Crippen LogP contribution in [0.4, 0.5) is 22.8 Å². The molecule has 1 atom stereocenters. The number of hydrogen-bond donors (Lipinski definition) is 1. The fourth-order valence-electron chi connectivity index (χ4n) is 4.65. The van der Waals surface area contributed by atoms with Gasteiger partial charge in [-0.2, -0.15) is 22.9 Å². The molecule has 1 aliphatic heterocycles. The number of rotatable bonds is 10. The summed E-state index contributed by atoms with van der Waals surface area (Å²) in [6, 6.07) is 12.6. The van der Waals surface area contributed by atoms with E-state index in [1.165, 1.54) is 24.0 Å². The molecule has 1 unspecified atom stereocenters. The van der Waals surface area contributed by atoms with Gasteiger partial charge in [0.05, 0.1) is 22.4 Å². The Morgan fingerprint density at radius 2 is 1.65 bits per heavy atom. The molecule has 15 nitrogen and oxygen atoms in total. The molecule has 1 N–H and O–H groups in total. The highest BCUT2D eigenvalue weighted by atomic mass is 32.2. The first-order valence-corrected chi connectivity index (χ1v) is 16.2. The number of carbonyl (C=O) groups excluding carboxylic acids is 2. The lowest BCUT2D eigenvalue weighted by Crippen LogP contribution is -2.44. The Bertz CT molecular complexity index is 1820. The number of hydrogen-bond acceptors (Lipinski definition) is 11. The van der Waals surface area contributed by atoms with Crippen molar-refractivity contribution in [1.82, 2.24) is 24.5 Å². The number of amides is 1. The molecule has 48 heavy (non-hydrogen) atoms. The highest BCUT2D eigenvalue weighted by molar-refractivity contribution is 7.90. The number of ether oxygens (including phenoxy) is 3. The third-order valence-corrected chi connectivity index (χ3v) is 8.31. The van der Waals surface area contributed by atoms with Gasteiger partial charge in [0.1, 0.15) is 11.1 Å². The van der Waals surface area contributed by atoms with E-state index in [0.717, 1.165) is 33.5 Å². The predicted octanol–water partition coefficient (Wildman–Crippen LogP) is 4.61. The quantitative estimate of drug-likeness (QED) is 0.182. The molecule has 1 aliphatic rings. The lowest BCUT2D eigenvalue weighted by Gasteiger charge is -2.28. The molecule has 0 bridgehead atoms. The number of benzene rings is 2. The topological polar surface area (TPSA) is 161 Å². The molecule has 260 valence electrons. The van der Waals surface area contributed by atoms with Gasteiger partial charge < -0.3 is 19.0 Å². The summed E-state index contributed by atoms with van der Waals surface area (Å²) in [6.45, 7) is 7.36. The zero-order valence-corrected chi connectivity index (χ0v) is 27.0. The SMILES string of the molecule is Cc1ccc(-c2cc(C(F)(F)F)nn2-c2ccc(S(=O)(=O)NC(=O)OC3CCN(n4on4OC(C)OC(=O)OC(C)C)CC3)cc2)cc1. The second kappa shape index (κ2) is 13.6. The van der Waals surface area contributed by atoms with Crippen LogP contribution >= 0.6 is 0 Å². The Hall–Kier alpha value is -5.07. The van der Waals surface area contributed by atoms with E-state index in [2.05, 4.69) is 5.10 Å². The Morgan fingerprint density at radius 1 is 1.00 bits per heavy atom. The average Bonchev–Trinajstić information content (AvgIpc) is 3.59. The van der Waals surface area contributed by atoms with Crippen molar-refractivity contribution in [2.75, 3.05) is 18.1 Å². The van der Waals surface area contributed by atoms with E-state index in [4.69, 9.17) is 23.7 Å². The molecular weight excluding hydrogens is 665 g/mol. The van der Waals surface area contributed by atoms with Gasteiger partial charge >= 0.3 is 18.4 Å². The largest absolute Gasteiger partial charge is 0.511 e. The van der Waals surface area contributed by atoms with Crippen LogP contribution in [-0.2, 0) is 30.4 Å². The Labute approximate surface area is 272 Å². The summed E-state index contributed by atoms with van der Waals surface area (Å²) in [6.07, 6.45) is -8.10. The zero-order valence-electron chi connectivity index (χ0n) is 26.2. The maximum absolute atomic E-state index is 13.5. The Morgan fingerprint density at radius 3 is 2.25 bits per heavy atom. The van der Waals surface area contributed by atoms with E-state index in [9.17, 15) is 31.2 Å². The zero-order chi connectivity index (χ0) is 34.8. The summed E-state index contributed by atoms with van der Waals surface area (Å²) < 4.78 is 89.6. The number of aromatic nitrogens is 4. The van der Waals surface area contributed by atoms with Crippen molar-refractivity contribution in [3.63, 3.8) is 0 Å². The van der Waals surface area contributed by atoms with Crippen LogP contribution in [0.1, 0.15) is 44.9 Å². The normalized spacial score (nSPS) is 15.0. The van der Waals surface area contributed by atoms with Crippen LogP contribution in [0.2, 0.25) is 0 Å². The Kier molecular flexibility index (Phi) is 9.69. The van der Waals surface area contributed by atoms with Gasteiger partial charge in [0.25, 0.3) is 16.3 Å². The van der Waals surface area contributed by atoms with E-state index in [1.54, 1.807) is 43.1 Å². The van der Waals surface area contributed by atoms with Gasteiger partial charge in [0.2, 0.25) is 0 Å². The minimum atomic E-state index is -4.70. The number of alkyl halides is 3. The second-order valence-electron chi connectivity index (χ2n) is 11.1. The van der Waals surface area contributed by atoms with Crippen molar-refractivity contribution in [2.45, 2.75) is 70.1 Å². The summed E-state index contributed by atoms with van der Waals surface area (Å²) in [5, 5.41) is 6.43. The Balaban J connectivity index is 1.15. The van der Waals surface area contributed by atoms with Gasteiger partial charge in [-0.1, -0.05) is 29.8 Å². The van der Waals surface area contributed by atoms with Crippen molar-refractivity contribution in [1.29, 1.82) is 0 Å². The molecule has 0 radical (unpaired) electrons. The molecule has 0 saturated carbocycles. The van der Waals surface area contributed by atoms with Crippen LogP contribution in [0.3, 0.4) is 0 Å². The highest BCUT2D eigenvalue weighted by Gasteiger charge is 2.35. The summed E-state index contributed by atoms with van der Waals surface area (Å²) in [5.41, 5.74) is 0.614. The number of piperidine rings is 1. The summed E-state index contributed by atoms with van der Waals surface area (Å²) in [5.74, 6) is 0. The van der Waals surface area contributed by atoms with Gasteiger partial charge in [0.15, 0.2) is 5.69 Å². The van der Waals surface area contributed by atoms with Crippen LogP contribution in [0.15, 0.2) is 64.1 Å². The number of halogens is 3. The molecule has 1 saturated heterocycles. The third kappa shape index (κ3) is 8.44. The number of aryl methyl sites for hydroxylation is 1. The molecule has 1 amide bonds. The smallest absolute Gasteiger partial charge is 0.445 e. The summed E-state index contributed by atoms with van der Waals surface area (Å²) >= 11 is 0. The maximum Gasteiger partial charge on any atom is 0.511 e. The number of nitrogens with zero attached hydrogens (tertiary/aromatic N) is 5. The van der Waals surface area contributed by atoms with Gasteiger partial charge in [0, 0.05) is 43.4 Å². The molecule has 19 heteroatoms. The lowest BCUT2D eigenvalue weighted by atomic mass is 10.1. The first-order chi connectivity index (χ1) is 22.6. The fraction of sp³-hybridized carbons (Fsp3) is 0.414. The molecule has 2 aromatic carbocycles. The standard InChI is InChI=1S/C29H33F3N6O9S/c1-18(2)43-28(40)44-20(4)46-38-37(47-38)35-15-13-23(14-16-35)45-27(39)34-48(41,42)24-11-9-22(10-12-24)36-25(17-26(33-36)29(30,31)32)21-7-5-19(3)6-8-21/h5-12,17-18,20,23H,13-16H2,1-4H3,(H,34,39). The molecule has 1 fully saturated rings. The second-order valence-corrected chi connectivity index (χ2v) is 12.8. The van der Waals surface area contributed by atoms with Crippen LogP contribution in [0.5, 0.6) is 0 Å².